The van der Waals surface area contributed by atoms with Gasteiger partial charge in [-0.1, -0.05) is 18.0 Å². The minimum Gasteiger partial charge on any atom is -0.494 e. The van der Waals surface area contributed by atoms with Gasteiger partial charge in [-0.3, -0.25) is 4.98 Å². The highest BCUT2D eigenvalue weighted by Gasteiger charge is 2.38. The molecule has 4 rings (SSSR count). The fraction of sp³-hybridized carbons (Fsp3) is 0.500. The van der Waals surface area contributed by atoms with Crippen LogP contribution in [0, 0.1) is 5.92 Å². The lowest BCUT2D eigenvalue weighted by atomic mass is 10.1. The number of carbonyl (C=O) groups excluding carboxylic acids is 1. The van der Waals surface area contributed by atoms with E-state index in [9.17, 15) is 4.79 Å². The van der Waals surface area contributed by atoms with Crippen LogP contribution in [0.5, 0.6) is 5.75 Å². The summed E-state index contributed by atoms with van der Waals surface area (Å²) in [6.45, 7) is 4.69. The number of carbonyl (C=O) groups is 1. The maximum absolute atomic E-state index is 13.0. The van der Waals surface area contributed by atoms with Crippen LogP contribution in [0.4, 0.5) is 4.79 Å². The Morgan fingerprint density at radius 1 is 1.41 bits per heavy atom. The number of fused-ring (bicyclic) bond motifs is 1. The second kappa shape index (κ2) is 10.6. The molecule has 1 saturated carbocycles. The summed E-state index contributed by atoms with van der Waals surface area (Å²) in [5.74, 6) is 1.07. The first-order chi connectivity index (χ1) is 16.5. The van der Waals surface area contributed by atoms with Gasteiger partial charge >= 0.3 is 6.03 Å². The first-order valence-electron chi connectivity index (χ1n) is 11.7. The summed E-state index contributed by atoms with van der Waals surface area (Å²) in [4.78, 5) is 28.1. The van der Waals surface area contributed by atoms with Crippen molar-refractivity contribution in [1.29, 1.82) is 0 Å². The number of hydrogen-bond donors (Lipinski definition) is 2. The van der Waals surface area contributed by atoms with E-state index >= 15 is 0 Å². The van der Waals surface area contributed by atoms with Crippen molar-refractivity contribution in [2.24, 2.45) is 5.92 Å². The Morgan fingerprint density at radius 2 is 2.24 bits per heavy atom. The average Bonchev–Trinajstić information content (AvgIpc) is 3.37. The number of rotatable bonds is 10. The number of methoxy groups -OCH3 is 1. The summed E-state index contributed by atoms with van der Waals surface area (Å²) in [6, 6.07) is 1.76. The van der Waals surface area contributed by atoms with Crippen LogP contribution >= 0.6 is 11.6 Å². The summed E-state index contributed by atoms with van der Waals surface area (Å²) in [7, 11) is 1.58. The zero-order valence-electron chi connectivity index (χ0n) is 19.7. The Bertz CT molecular complexity index is 1150. The zero-order valence-corrected chi connectivity index (χ0v) is 20.5. The second-order valence-corrected chi connectivity index (χ2v) is 8.98. The van der Waals surface area contributed by atoms with Crippen LogP contribution in [0.15, 0.2) is 30.9 Å². The third-order valence-electron chi connectivity index (χ3n) is 6.43. The van der Waals surface area contributed by atoms with E-state index in [1.54, 1.807) is 24.4 Å². The van der Waals surface area contributed by atoms with Gasteiger partial charge in [-0.05, 0) is 45.1 Å². The Hall–Kier alpha value is -2.91. The van der Waals surface area contributed by atoms with E-state index in [2.05, 4.69) is 20.3 Å². The van der Waals surface area contributed by atoms with Gasteiger partial charge in [-0.15, -0.1) is 0 Å². The van der Waals surface area contributed by atoms with Crippen molar-refractivity contribution in [3.8, 4) is 17.0 Å². The predicted octanol–water partition coefficient (Wildman–Crippen LogP) is 4.10. The highest BCUT2D eigenvalue weighted by molar-refractivity contribution is 6.32. The third-order valence-corrected chi connectivity index (χ3v) is 6.68. The summed E-state index contributed by atoms with van der Waals surface area (Å²) in [5, 5.41) is 12.4. The standard InChI is InChI=1S/C24H31ClN6O3/c1-4-31(24(33)29-19-11-16(19)7-5-6-10-32)15(2)18-12-17(21(34-3)13-27-18)20-14-30-9-8-26-23(30)22(25)28-20/h8-9,12-16,19,32H,4-7,10-11H2,1-3H3,(H,29,33). The molecular weight excluding hydrogens is 456 g/mol. The van der Waals surface area contributed by atoms with Crippen LogP contribution in [-0.2, 0) is 0 Å². The molecule has 3 aromatic rings. The fourth-order valence-electron chi connectivity index (χ4n) is 4.33. The van der Waals surface area contributed by atoms with Crippen molar-refractivity contribution in [2.45, 2.75) is 51.6 Å². The van der Waals surface area contributed by atoms with Gasteiger partial charge in [0.05, 0.1) is 30.7 Å². The van der Waals surface area contributed by atoms with Crippen molar-refractivity contribution < 1.29 is 14.6 Å². The lowest BCUT2D eigenvalue weighted by Gasteiger charge is -2.28. The van der Waals surface area contributed by atoms with E-state index in [-0.39, 0.29) is 24.7 Å². The number of amides is 2. The number of unbranched alkanes of at least 4 members (excludes halogenated alkanes) is 1. The number of hydrogen-bond acceptors (Lipinski definition) is 6. The van der Waals surface area contributed by atoms with Gasteiger partial charge in [0.1, 0.15) is 5.75 Å². The molecule has 0 spiro atoms. The SMILES string of the molecule is CCN(C(=O)NC1CC1CCCCO)C(C)c1cc(-c2cn3ccnc3c(Cl)n2)c(OC)cn1. The lowest BCUT2D eigenvalue weighted by Crippen LogP contribution is -2.42. The van der Waals surface area contributed by atoms with Gasteiger partial charge in [-0.25, -0.2) is 14.8 Å². The zero-order chi connectivity index (χ0) is 24.2. The normalized spacial score (nSPS) is 18.0. The maximum atomic E-state index is 13.0. The van der Waals surface area contributed by atoms with E-state index in [1.807, 2.05) is 36.7 Å². The fourth-order valence-corrected chi connectivity index (χ4v) is 4.57. The summed E-state index contributed by atoms with van der Waals surface area (Å²) in [6.07, 6.45) is 10.8. The number of imidazole rings is 1. The molecule has 1 fully saturated rings. The molecule has 3 unspecified atom stereocenters. The molecule has 1 aliphatic carbocycles. The molecule has 9 nitrogen and oxygen atoms in total. The maximum Gasteiger partial charge on any atom is 0.318 e. The van der Waals surface area contributed by atoms with Crippen molar-refractivity contribution in [3.63, 3.8) is 0 Å². The number of pyridine rings is 1. The van der Waals surface area contributed by atoms with Crippen LogP contribution < -0.4 is 10.1 Å². The summed E-state index contributed by atoms with van der Waals surface area (Å²) < 4.78 is 7.35. The van der Waals surface area contributed by atoms with E-state index < -0.39 is 0 Å². The second-order valence-electron chi connectivity index (χ2n) is 8.62. The largest absolute Gasteiger partial charge is 0.494 e. The molecule has 3 atom stereocenters. The number of nitrogens with zero attached hydrogens (tertiary/aromatic N) is 5. The molecule has 1 aliphatic rings. The Morgan fingerprint density at radius 3 is 2.97 bits per heavy atom. The number of aromatic nitrogens is 4. The molecule has 0 saturated heterocycles. The Balaban J connectivity index is 1.53. The molecule has 0 aliphatic heterocycles. The van der Waals surface area contributed by atoms with Gasteiger partial charge < -0.3 is 24.5 Å². The molecule has 0 radical (unpaired) electrons. The number of urea groups is 1. The van der Waals surface area contributed by atoms with E-state index in [0.717, 1.165) is 36.9 Å². The Kier molecular flexibility index (Phi) is 7.53. The molecule has 34 heavy (non-hydrogen) atoms. The first kappa shape index (κ1) is 24.2. The molecule has 3 aromatic heterocycles. The van der Waals surface area contributed by atoms with E-state index in [4.69, 9.17) is 21.4 Å². The average molecular weight is 487 g/mol. The highest BCUT2D eigenvalue weighted by atomic mass is 35.5. The molecule has 0 aromatic carbocycles. The van der Waals surface area contributed by atoms with Gasteiger partial charge in [-0.2, -0.15) is 0 Å². The van der Waals surface area contributed by atoms with E-state index in [1.165, 1.54) is 0 Å². The molecule has 2 N–H and O–H groups in total. The van der Waals surface area contributed by atoms with E-state index in [0.29, 0.717) is 34.7 Å². The number of ether oxygens (including phenoxy) is 1. The molecule has 3 heterocycles. The summed E-state index contributed by atoms with van der Waals surface area (Å²) >= 11 is 6.35. The monoisotopic (exact) mass is 486 g/mol. The predicted molar refractivity (Wildman–Crippen MR) is 130 cm³/mol. The van der Waals surface area contributed by atoms with Gasteiger partial charge in [0.15, 0.2) is 10.8 Å². The van der Waals surface area contributed by atoms with Crippen molar-refractivity contribution in [3.05, 3.63) is 41.7 Å². The molecule has 0 bridgehead atoms. The van der Waals surface area contributed by atoms with Gasteiger partial charge in [0.25, 0.3) is 0 Å². The smallest absolute Gasteiger partial charge is 0.318 e. The van der Waals surface area contributed by atoms with Crippen LogP contribution in [0.2, 0.25) is 5.15 Å². The van der Waals surface area contributed by atoms with Crippen LogP contribution in [0.25, 0.3) is 16.9 Å². The van der Waals surface area contributed by atoms with Crippen LogP contribution in [0.1, 0.15) is 51.3 Å². The van der Waals surface area contributed by atoms with Crippen LogP contribution in [0.3, 0.4) is 0 Å². The molecular formula is C24H31ClN6O3. The third kappa shape index (κ3) is 5.10. The highest BCUT2D eigenvalue weighted by Crippen LogP contribution is 2.36. The quantitative estimate of drug-likeness (QED) is 0.418. The number of halogens is 1. The number of nitrogens with one attached hydrogen (secondary N) is 1. The van der Waals surface area contributed by atoms with Crippen molar-refractivity contribution in [2.75, 3.05) is 20.3 Å². The van der Waals surface area contributed by atoms with Crippen LogP contribution in [-0.4, -0.2) is 61.7 Å². The number of aliphatic hydroxyl groups is 1. The summed E-state index contributed by atoms with van der Waals surface area (Å²) in [5.41, 5.74) is 2.67. The van der Waals surface area contributed by atoms with Gasteiger partial charge in [0, 0.05) is 43.3 Å². The molecule has 2 amide bonds. The molecule has 10 heteroatoms. The van der Waals surface area contributed by atoms with Crippen molar-refractivity contribution in [1.82, 2.24) is 29.6 Å². The number of aliphatic hydroxyl groups excluding tert-OH is 1. The first-order valence-corrected chi connectivity index (χ1v) is 12.1. The molecule has 182 valence electrons. The minimum atomic E-state index is -0.256. The van der Waals surface area contributed by atoms with Gasteiger partial charge in [0.2, 0.25) is 0 Å². The lowest BCUT2D eigenvalue weighted by molar-refractivity contribution is 0.180. The Labute approximate surface area is 204 Å². The van der Waals surface area contributed by atoms with Crippen molar-refractivity contribution >= 4 is 23.3 Å². The topological polar surface area (TPSA) is 105 Å². The minimum absolute atomic E-state index is 0.0927.